The first-order valence-corrected chi connectivity index (χ1v) is 14.7. The lowest BCUT2D eigenvalue weighted by molar-refractivity contribution is 0.0725. The SMILES string of the molecule is O=C(Oc1ccccc1C=Nc1cccnc1)c1ccc(N=Nc2ccc(C(=O)Oc3ccccc3C=Nc3cccnc3)cc2)cc1. The average molecular weight is 631 g/mol. The molecule has 0 saturated heterocycles. The van der Waals surface area contributed by atoms with E-state index in [4.69, 9.17) is 9.47 Å². The predicted molar refractivity (Wildman–Crippen MR) is 183 cm³/mol. The lowest BCUT2D eigenvalue weighted by Crippen LogP contribution is -2.09. The molecule has 0 spiro atoms. The Balaban J connectivity index is 1.05. The van der Waals surface area contributed by atoms with Gasteiger partial charge in [0.15, 0.2) is 0 Å². The second-order valence-corrected chi connectivity index (χ2v) is 10.1. The second kappa shape index (κ2) is 15.4. The molecule has 2 aromatic heterocycles. The maximum absolute atomic E-state index is 12.9. The Labute approximate surface area is 275 Å². The summed E-state index contributed by atoms with van der Waals surface area (Å²) in [6.45, 7) is 0. The third-order valence-corrected chi connectivity index (χ3v) is 6.73. The summed E-state index contributed by atoms with van der Waals surface area (Å²) in [5.41, 5.74) is 4.42. The van der Waals surface area contributed by atoms with Crippen LogP contribution in [0.4, 0.5) is 22.7 Å². The quantitative estimate of drug-likeness (QED) is 0.0644. The molecule has 0 aliphatic rings. The smallest absolute Gasteiger partial charge is 0.343 e. The Morgan fingerprint density at radius 1 is 0.479 bits per heavy atom. The van der Waals surface area contributed by atoms with E-state index in [1.54, 1.807) is 122 Å². The molecule has 0 fully saturated rings. The van der Waals surface area contributed by atoms with Gasteiger partial charge in [0.25, 0.3) is 0 Å². The lowest BCUT2D eigenvalue weighted by Gasteiger charge is -2.07. The highest BCUT2D eigenvalue weighted by Crippen LogP contribution is 2.24. The number of azo groups is 1. The minimum Gasteiger partial charge on any atom is -0.422 e. The van der Waals surface area contributed by atoms with Gasteiger partial charge < -0.3 is 9.47 Å². The van der Waals surface area contributed by atoms with Crippen molar-refractivity contribution < 1.29 is 19.1 Å². The number of aliphatic imine (C=N–C) groups is 2. The Bertz CT molecular complexity index is 1950. The number of benzene rings is 4. The van der Waals surface area contributed by atoms with E-state index in [9.17, 15) is 9.59 Å². The van der Waals surface area contributed by atoms with Crippen LogP contribution in [0.15, 0.2) is 166 Å². The number of hydrogen-bond acceptors (Lipinski definition) is 10. The van der Waals surface area contributed by atoms with Gasteiger partial charge in [0.05, 0.1) is 46.3 Å². The van der Waals surface area contributed by atoms with Crippen LogP contribution in [0, 0.1) is 0 Å². The summed E-state index contributed by atoms with van der Waals surface area (Å²) in [6, 6.07) is 34.6. The van der Waals surface area contributed by atoms with E-state index in [1.165, 1.54) is 0 Å². The van der Waals surface area contributed by atoms with E-state index in [2.05, 4.69) is 30.2 Å². The number of hydrogen-bond donors (Lipinski definition) is 0. The van der Waals surface area contributed by atoms with Crippen molar-refractivity contribution in [2.75, 3.05) is 0 Å². The van der Waals surface area contributed by atoms with Gasteiger partial charge in [-0.3, -0.25) is 20.0 Å². The van der Waals surface area contributed by atoms with E-state index < -0.39 is 11.9 Å². The van der Waals surface area contributed by atoms with E-state index in [0.717, 1.165) is 0 Å². The summed E-state index contributed by atoms with van der Waals surface area (Å²) < 4.78 is 11.3. The van der Waals surface area contributed by atoms with Crippen LogP contribution in [-0.2, 0) is 0 Å². The summed E-state index contributed by atoms with van der Waals surface area (Å²) in [5, 5.41) is 8.49. The molecule has 232 valence electrons. The first-order valence-electron chi connectivity index (χ1n) is 14.7. The van der Waals surface area contributed by atoms with Gasteiger partial charge >= 0.3 is 11.9 Å². The molecule has 0 saturated carbocycles. The third-order valence-electron chi connectivity index (χ3n) is 6.73. The van der Waals surface area contributed by atoms with Crippen LogP contribution in [0.1, 0.15) is 31.8 Å². The number of rotatable bonds is 10. The molecule has 6 rings (SSSR count). The van der Waals surface area contributed by atoms with Crippen LogP contribution in [-0.4, -0.2) is 34.3 Å². The van der Waals surface area contributed by atoms with Crippen molar-refractivity contribution in [1.82, 2.24) is 9.97 Å². The van der Waals surface area contributed by atoms with E-state index in [1.807, 2.05) is 36.4 Å². The van der Waals surface area contributed by atoms with Crippen LogP contribution in [0.5, 0.6) is 11.5 Å². The van der Waals surface area contributed by atoms with Crippen LogP contribution < -0.4 is 9.47 Å². The van der Waals surface area contributed by atoms with Gasteiger partial charge in [-0.15, -0.1) is 0 Å². The molecule has 10 heteroatoms. The Morgan fingerprint density at radius 2 is 0.896 bits per heavy atom. The standard InChI is InChI=1S/C38H26N6O4/c45-37(47-35-11-3-1-7-29(35)23-41-33-9-5-21-39-25-33)27-13-17-31(18-14-27)43-44-32-19-15-28(16-20-32)38(46)48-36-12-4-2-8-30(36)24-42-34-10-6-22-40-26-34/h1-26H. The van der Waals surface area contributed by atoms with Gasteiger partial charge in [-0.25, -0.2) is 9.59 Å². The number of pyridine rings is 2. The maximum Gasteiger partial charge on any atom is 0.343 e. The summed E-state index contributed by atoms with van der Waals surface area (Å²) in [6.07, 6.45) is 9.87. The number of carbonyl (C=O) groups is 2. The lowest BCUT2D eigenvalue weighted by atomic mass is 10.2. The molecule has 0 aliphatic heterocycles. The van der Waals surface area contributed by atoms with Crippen molar-refractivity contribution in [2.24, 2.45) is 20.2 Å². The summed E-state index contributed by atoms with van der Waals surface area (Å²) in [4.78, 5) is 42.6. The van der Waals surface area contributed by atoms with Crippen molar-refractivity contribution in [3.8, 4) is 11.5 Å². The van der Waals surface area contributed by atoms with Crippen molar-refractivity contribution in [1.29, 1.82) is 0 Å². The minimum atomic E-state index is -0.522. The first-order chi connectivity index (χ1) is 23.6. The molecule has 0 aliphatic carbocycles. The molecular formula is C38H26N6O4. The predicted octanol–water partition coefficient (Wildman–Crippen LogP) is 8.83. The molecule has 0 atom stereocenters. The van der Waals surface area contributed by atoms with Crippen molar-refractivity contribution >= 4 is 47.1 Å². The fourth-order valence-corrected chi connectivity index (χ4v) is 4.27. The molecule has 0 bridgehead atoms. The van der Waals surface area contributed by atoms with Crippen LogP contribution in [0.25, 0.3) is 0 Å². The Kier molecular flexibility index (Phi) is 9.95. The van der Waals surface area contributed by atoms with E-state index in [0.29, 0.717) is 56.5 Å². The van der Waals surface area contributed by atoms with Gasteiger partial charge in [-0.2, -0.15) is 10.2 Å². The number of para-hydroxylation sites is 2. The fourth-order valence-electron chi connectivity index (χ4n) is 4.27. The first kappa shape index (κ1) is 31.1. The molecule has 10 nitrogen and oxygen atoms in total. The number of ether oxygens (including phenoxy) is 2. The highest BCUT2D eigenvalue weighted by Gasteiger charge is 2.12. The molecule has 48 heavy (non-hydrogen) atoms. The molecule has 0 amide bonds. The zero-order valence-electron chi connectivity index (χ0n) is 25.3. The molecule has 0 radical (unpaired) electrons. The van der Waals surface area contributed by atoms with Crippen molar-refractivity contribution in [3.63, 3.8) is 0 Å². The number of nitrogens with zero attached hydrogens (tertiary/aromatic N) is 6. The van der Waals surface area contributed by atoms with Crippen molar-refractivity contribution in [2.45, 2.75) is 0 Å². The Hall–Kier alpha value is -6.94. The summed E-state index contributed by atoms with van der Waals surface area (Å²) in [7, 11) is 0. The normalized spacial score (nSPS) is 11.2. The molecular weight excluding hydrogens is 604 g/mol. The van der Waals surface area contributed by atoms with Gasteiger partial charge in [-0.1, -0.05) is 24.3 Å². The summed E-state index contributed by atoms with van der Waals surface area (Å²) in [5.74, 6) is -0.284. The van der Waals surface area contributed by atoms with Crippen LogP contribution >= 0.6 is 0 Å². The second-order valence-electron chi connectivity index (χ2n) is 10.1. The number of esters is 2. The van der Waals surface area contributed by atoms with Crippen LogP contribution in [0.3, 0.4) is 0 Å². The number of aromatic nitrogens is 2. The van der Waals surface area contributed by atoms with E-state index >= 15 is 0 Å². The molecule has 2 heterocycles. The number of carbonyl (C=O) groups excluding carboxylic acids is 2. The van der Waals surface area contributed by atoms with Gasteiger partial charge in [-0.05, 0) is 97.1 Å². The molecule has 6 aromatic rings. The summed E-state index contributed by atoms with van der Waals surface area (Å²) >= 11 is 0. The third kappa shape index (κ3) is 8.40. The zero-order chi connectivity index (χ0) is 33.0. The highest BCUT2D eigenvalue weighted by atomic mass is 16.5. The highest BCUT2D eigenvalue weighted by molar-refractivity contribution is 5.94. The Morgan fingerprint density at radius 3 is 1.29 bits per heavy atom. The van der Waals surface area contributed by atoms with Gasteiger partial charge in [0.1, 0.15) is 11.5 Å². The van der Waals surface area contributed by atoms with Gasteiger partial charge in [0.2, 0.25) is 0 Å². The minimum absolute atomic E-state index is 0.348. The molecule has 4 aromatic carbocycles. The molecule has 0 N–H and O–H groups in total. The monoisotopic (exact) mass is 630 g/mol. The largest absolute Gasteiger partial charge is 0.422 e. The van der Waals surface area contributed by atoms with Gasteiger partial charge in [0, 0.05) is 35.9 Å². The topological polar surface area (TPSA) is 128 Å². The maximum atomic E-state index is 12.9. The van der Waals surface area contributed by atoms with Crippen LogP contribution in [0.2, 0.25) is 0 Å². The fraction of sp³-hybridized carbons (Fsp3) is 0. The van der Waals surface area contributed by atoms with Crippen molar-refractivity contribution in [3.05, 3.63) is 168 Å². The average Bonchev–Trinajstić information content (AvgIpc) is 3.14. The molecule has 0 unspecified atom stereocenters. The zero-order valence-corrected chi connectivity index (χ0v) is 25.3. The van der Waals surface area contributed by atoms with E-state index in [-0.39, 0.29) is 0 Å².